The van der Waals surface area contributed by atoms with E-state index in [1.54, 1.807) is 0 Å². The zero-order valence-corrected chi connectivity index (χ0v) is 26.9. The minimum atomic E-state index is 0.333. The number of amidine groups is 1. The van der Waals surface area contributed by atoms with E-state index in [0.29, 0.717) is 18.5 Å². The van der Waals surface area contributed by atoms with Crippen LogP contribution in [0.3, 0.4) is 0 Å². The van der Waals surface area contributed by atoms with Crippen LogP contribution in [-0.2, 0) is 13.0 Å². The predicted molar refractivity (Wildman–Crippen MR) is 198 cm³/mol. The third-order valence-electron chi connectivity index (χ3n) is 9.82. The quantitative estimate of drug-likeness (QED) is 0.158. The van der Waals surface area contributed by atoms with E-state index in [1.165, 1.54) is 50.3 Å². The van der Waals surface area contributed by atoms with Gasteiger partial charge in [-0.2, -0.15) is 0 Å². The van der Waals surface area contributed by atoms with Crippen molar-refractivity contribution in [1.82, 2.24) is 0 Å². The van der Waals surface area contributed by atoms with Crippen LogP contribution in [0.2, 0.25) is 0 Å². The molecule has 47 heavy (non-hydrogen) atoms. The van der Waals surface area contributed by atoms with E-state index in [9.17, 15) is 0 Å². The van der Waals surface area contributed by atoms with Crippen LogP contribution >= 0.6 is 0 Å². The Morgan fingerprint density at radius 1 is 0.787 bits per heavy atom. The predicted octanol–water partition coefficient (Wildman–Crippen LogP) is 10.3. The number of para-hydroxylation sites is 1. The number of allylic oxidation sites excluding steroid dienone is 7. The molecule has 3 nitrogen and oxygen atoms in total. The lowest BCUT2D eigenvalue weighted by Crippen LogP contribution is -2.32. The first-order chi connectivity index (χ1) is 23.2. The van der Waals surface area contributed by atoms with Gasteiger partial charge in [0, 0.05) is 28.6 Å². The molecule has 0 radical (unpaired) electrons. The molecule has 0 spiro atoms. The van der Waals surface area contributed by atoms with Crippen molar-refractivity contribution in [2.75, 3.05) is 4.90 Å². The zero-order chi connectivity index (χ0) is 31.6. The highest BCUT2D eigenvalue weighted by atomic mass is 15.2. The molecule has 3 heteroatoms. The van der Waals surface area contributed by atoms with Gasteiger partial charge in [-0.25, -0.2) is 4.99 Å². The maximum absolute atomic E-state index is 5.07. The Balaban J connectivity index is 1.10. The topological polar surface area (TPSA) is 28.0 Å². The highest BCUT2D eigenvalue weighted by Crippen LogP contribution is 2.50. The van der Waals surface area contributed by atoms with Crippen LogP contribution in [0.4, 0.5) is 5.69 Å². The summed E-state index contributed by atoms with van der Waals surface area (Å²) < 4.78 is 0. The number of anilines is 1. The number of rotatable bonds is 6. The smallest absolute Gasteiger partial charge is 0.155 e. The number of aryl methyl sites for hydroxylation is 1. The summed E-state index contributed by atoms with van der Waals surface area (Å²) in [6.45, 7) is 2.69. The molecular formula is C44H39N3. The van der Waals surface area contributed by atoms with Crippen LogP contribution in [0.5, 0.6) is 0 Å². The molecule has 4 aromatic carbocycles. The molecule has 8 rings (SSSR count). The van der Waals surface area contributed by atoms with Gasteiger partial charge in [0.1, 0.15) is 0 Å². The van der Waals surface area contributed by atoms with Gasteiger partial charge in [0.2, 0.25) is 0 Å². The van der Waals surface area contributed by atoms with Gasteiger partial charge in [0.05, 0.1) is 12.6 Å². The summed E-state index contributed by atoms with van der Waals surface area (Å²) >= 11 is 0. The Hall–Kier alpha value is -5.28. The number of hydrogen-bond acceptors (Lipinski definition) is 2. The maximum atomic E-state index is 5.07. The largest absolute Gasteiger partial charge is 0.337 e. The fourth-order valence-electron chi connectivity index (χ4n) is 7.47. The fraction of sp³-hybridized carbons (Fsp3) is 0.182. The summed E-state index contributed by atoms with van der Waals surface area (Å²) in [6.07, 6.45) is 20.1. The van der Waals surface area contributed by atoms with Crippen LogP contribution in [0.15, 0.2) is 167 Å². The molecule has 0 aromatic heterocycles. The molecule has 0 saturated heterocycles. The standard InChI is InChI=1S/C44H39N3/c1-31(33-15-7-3-8-16-33)46-44(45-30-32-13-5-2-6-14-32)35-23-21-34(22-24-35)36-25-27-39-37(29-36)26-28-42-43(39)40-19-11-12-20-41(40)47(42)38-17-9-4-10-18-38/h2,4-7,9-25,27,29,40-41H,3,8,26,28,30H2,1H3/b45-44-,46-31+. The second kappa shape index (κ2) is 12.8. The minimum absolute atomic E-state index is 0.333. The molecule has 2 unspecified atom stereocenters. The minimum Gasteiger partial charge on any atom is -0.337 e. The number of nitrogens with zero attached hydrogens (tertiary/aromatic N) is 3. The van der Waals surface area contributed by atoms with Gasteiger partial charge in [0.15, 0.2) is 5.84 Å². The summed E-state index contributed by atoms with van der Waals surface area (Å²) in [6, 6.07) is 37.6. The summed E-state index contributed by atoms with van der Waals surface area (Å²) in [7, 11) is 0. The van der Waals surface area contributed by atoms with E-state index in [2.05, 4.69) is 151 Å². The monoisotopic (exact) mass is 609 g/mol. The van der Waals surface area contributed by atoms with Gasteiger partial charge >= 0.3 is 0 Å². The summed E-state index contributed by atoms with van der Waals surface area (Å²) in [5, 5.41) is 0. The van der Waals surface area contributed by atoms with Gasteiger partial charge in [-0.1, -0.05) is 134 Å². The molecule has 0 amide bonds. The van der Waals surface area contributed by atoms with E-state index in [0.717, 1.165) is 42.8 Å². The van der Waals surface area contributed by atoms with E-state index < -0.39 is 0 Å². The molecule has 2 atom stereocenters. The van der Waals surface area contributed by atoms with Crippen molar-refractivity contribution < 1.29 is 0 Å². The summed E-state index contributed by atoms with van der Waals surface area (Å²) in [4.78, 5) is 12.7. The molecule has 4 aliphatic rings. The Morgan fingerprint density at radius 3 is 2.34 bits per heavy atom. The first kappa shape index (κ1) is 29.1. The molecule has 0 N–H and O–H groups in total. The first-order valence-corrected chi connectivity index (χ1v) is 16.9. The Labute approximate surface area is 278 Å². The molecular weight excluding hydrogens is 571 g/mol. The fourth-order valence-corrected chi connectivity index (χ4v) is 7.47. The number of fused-ring (bicyclic) bond motifs is 4. The number of hydrogen-bond donors (Lipinski definition) is 0. The van der Waals surface area contributed by atoms with Gasteiger partial charge in [-0.3, -0.25) is 4.99 Å². The Morgan fingerprint density at radius 2 is 1.55 bits per heavy atom. The molecule has 3 aliphatic carbocycles. The van der Waals surface area contributed by atoms with Crippen molar-refractivity contribution >= 4 is 22.8 Å². The average molecular weight is 610 g/mol. The molecule has 230 valence electrons. The second-order valence-electron chi connectivity index (χ2n) is 12.8. The van der Waals surface area contributed by atoms with Crippen molar-refractivity contribution in [3.05, 3.63) is 179 Å². The summed E-state index contributed by atoms with van der Waals surface area (Å²) in [5.74, 6) is 1.15. The Bertz CT molecular complexity index is 2000. The second-order valence-corrected chi connectivity index (χ2v) is 12.8. The van der Waals surface area contributed by atoms with Gasteiger partial charge in [-0.05, 0) is 83.7 Å². The van der Waals surface area contributed by atoms with Crippen LogP contribution < -0.4 is 4.90 Å². The van der Waals surface area contributed by atoms with E-state index in [-0.39, 0.29) is 0 Å². The van der Waals surface area contributed by atoms with Crippen LogP contribution in [0.1, 0.15) is 48.4 Å². The lowest BCUT2D eigenvalue weighted by molar-refractivity contribution is 0.699. The molecule has 0 fully saturated rings. The molecule has 1 aliphatic heterocycles. The van der Waals surface area contributed by atoms with Crippen molar-refractivity contribution in [3.63, 3.8) is 0 Å². The number of benzene rings is 4. The first-order valence-electron chi connectivity index (χ1n) is 16.9. The third kappa shape index (κ3) is 5.79. The third-order valence-corrected chi connectivity index (χ3v) is 9.82. The lowest BCUT2D eigenvalue weighted by Gasteiger charge is -2.31. The van der Waals surface area contributed by atoms with Crippen molar-refractivity contribution in [2.24, 2.45) is 15.9 Å². The zero-order valence-electron chi connectivity index (χ0n) is 26.9. The summed E-state index contributed by atoms with van der Waals surface area (Å²) in [5.41, 5.74) is 14.0. The van der Waals surface area contributed by atoms with Crippen molar-refractivity contribution in [3.8, 4) is 11.1 Å². The van der Waals surface area contributed by atoms with Gasteiger partial charge in [-0.15, -0.1) is 0 Å². The normalized spacial score (nSPS) is 20.2. The highest BCUT2D eigenvalue weighted by Gasteiger charge is 2.41. The molecule has 4 aromatic rings. The highest BCUT2D eigenvalue weighted by molar-refractivity contribution is 6.12. The van der Waals surface area contributed by atoms with Crippen LogP contribution in [0.25, 0.3) is 16.7 Å². The van der Waals surface area contributed by atoms with Gasteiger partial charge < -0.3 is 4.90 Å². The SMILES string of the molecule is C/C(=N\C(=N/Cc1ccccc1)c1ccc(-c2ccc3c(c2)CCC2=C3C3C=CC=CC3N2c2ccccc2)cc1)C1=CCCC=C1. The number of aliphatic imine (C=N–C) groups is 2. The maximum Gasteiger partial charge on any atom is 0.155 e. The molecule has 0 saturated carbocycles. The average Bonchev–Trinajstić information content (AvgIpc) is 3.49. The van der Waals surface area contributed by atoms with Crippen molar-refractivity contribution in [1.29, 1.82) is 0 Å². The van der Waals surface area contributed by atoms with Crippen LogP contribution in [0, 0.1) is 5.92 Å². The van der Waals surface area contributed by atoms with E-state index in [1.807, 2.05) is 6.07 Å². The Kier molecular flexibility index (Phi) is 7.97. The molecule has 1 heterocycles. The van der Waals surface area contributed by atoms with E-state index in [4.69, 9.17) is 9.98 Å². The van der Waals surface area contributed by atoms with Crippen LogP contribution in [-0.4, -0.2) is 17.6 Å². The lowest BCUT2D eigenvalue weighted by atomic mass is 9.80. The van der Waals surface area contributed by atoms with E-state index >= 15 is 0 Å². The van der Waals surface area contributed by atoms with Crippen molar-refractivity contribution in [2.45, 2.75) is 45.2 Å². The van der Waals surface area contributed by atoms with Gasteiger partial charge in [0.25, 0.3) is 0 Å². The molecule has 0 bridgehead atoms.